The minimum Gasteiger partial charge on any atom is -0.477 e. The number of hydrogen-bond donors (Lipinski definition) is 2. The molecule has 1 aromatic heterocycles. The molecular formula is C20H26FIN4O. The fourth-order valence-electron chi connectivity index (χ4n) is 2.38. The lowest BCUT2D eigenvalue weighted by Crippen LogP contribution is -2.36. The summed E-state index contributed by atoms with van der Waals surface area (Å²) >= 11 is 0. The van der Waals surface area contributed by atoms with Gasteiger partial charge in [-0.2, -0.15) is 0 Å². The number of nitrogens with one attached hydrogen (secondary N) is 2. The van der Waals surface area contributed by atoms with E-state index in [2.05, 4.69) is 20.6 Å². The van der Waals surface area contributed by atoms with Gasteiger partial charge in [0.05, 0.1) is 13.2 Å². The molecule has 1 aliphatic carbocycles. The highest BCUT2D eigenvalue weighted by Crippen LogP contribution is 2.29. The molecule has 1 saturated carbocycles. The number of guanidine groups is 1. The molecule has 0 radical (unpaired) electrons. The molecule has 5 nitrogen and oxygen atoms in total. The van der Waals surface area contributed by atoms with Crippen LogP contribution in [0.4, 0.5) is 4.39 Å². The molecule has 2 N–H and O–H groups in total. The molecule has 1 aromatic carbocycles. The van der Waals surface area contributed by atoms with Gasteiger partial charge in [-0.1, -0.05) is 18.2 Å². The van der Waals surface area contributed by atoms with Gasteiger partial charge in [-0.25, -0.2) is 14.4 Å². The van der Waals surface area contributed by atoms with Crippen molar-refractivity contribution in [1.82, 2.24) is 15.6 Å². The number of aliphatic imine (C=N–C) groups is 1. The van der Waals surface area contributed by atoms with Crippen LogP contribution in [0.25, 0.3) is 0 Å². The van der Waals surface area contributed by atoms with Crippen molar-refractivity contribution in [3.8, 4) is 5.88 Å². The number of nitrogens with zero attached hydrogens (tertiary/aromatic N) is 2. The predicted octanol–water partition coefficient (Wildman–Crippen LogP) is 3.88. The van der Waals surface area contributed by atoms with Crippen LogP contribution in [0.15, 0.2) is 47.6 Å². The fourth-order valence-corrected chi connectivity index (χ4v) is 2.38. The standard InChI is InChI=1S/C20H25FN4O.HI/c1-2-22-20(24-11-15-5-8-18(21)9-6-15)25-13-17-7-10-19(23-12-17)26-14-16-3-4-16;/h5-10,12,16H,2-4,11,13-14H2,1H3,(H2,22,24,25);1H. The third-order valence-electron chi connectivity index (χ3n) is 4.10. The highest BCUT2D eigenvalue weighted by molar-refractivity contribution is 14.0. The summed E-state index contributed by atoms with van der Waals surface area (Å²) in [6, 6.07) is 10.3. The molecule has 0 aliphatic heterocycles. The molecule has 0 saturated heterocycles. The number of hydrogen-bond acceptors (Lipinski definition) is 3. The normalized spacial score (nSPS) is 13.6. The van der Waals surface area contributed by atoms with Gasteiger partial charge in [-0.3, -0.25) is 0 Å². The van der Waals surface area contributed by atoms with E-state index in [0.717, 1.165) is 30.2 Å². The van der Waals surface area contributed by atoms with E-state index in [-0.39, 0.29) is 29.8 Å². The third-order valence-corrected chi connectivity index (χ3v) is 4.10. The minimum atomic E-state index is -0.230. The Bertz CT molecular complexity index is 718. The monoisotopic (exact) mass is 484 g/mol. The van der Waals surface area contributed by atoms with Gasteiger partial charge in [0.15, 0.2) is 5.96 Å². The molecule has 27 heavy (non-hydrogen) atoms. The van der Waals surface area contributed by atoms with Crippen molar-refractivity contribution in [1.29, 1.82) is 0 Å². The van der Waals surface area contributed by atoms with E-state index in [9.17, 15) is 4.39 Å². The van der Waals surface area contributed by atoms with Crippen LogP contribution in [0.3, 0.4) is 0 Å². The molecule has 2 aromatic rings. The van der Waals surface area contributed by atoms with Crippen molar-refractivity contribution in [3.63, 3.8) is 0 Å². The van der Waals surface area contributed by atoms with E-state index in [0.29, 0.717) is 24.9 Å². The van der Waals surface area contributed by atoms with Gasteiger partial charge in [-0.15, -0.1) is 24.0 Å². The van der Waals surface area contributed by atoms with E-state index in [1.54, 1.807) is 18.3 Å². The Balaban J connectivity index is 0.00000261. The molecule has 0 unspecified atom stereocenters. The zero-order valence-corrected chi connectivity index (χ0v) is 17.8. The highest BCUT2D eigenvalue weighted by Gasteiger charge is 2.21. The molecule has 0 spiro atoms. The van der Waals surface area contributed by atoms with Gasteiger partial charge in [-0.05, 0) is 48.9 Å². The first-order valence-electron chi connectivity index (χ1n) is 9.07. The summed E-state index contributed by atoms with van der Waals surface area (Å²) < 4.78 is 18.6. The van der Waals surface area contributed by atoms with Crippen LogP contribution in [0.2, 0.25) is 0 Å². The van der Waals surface area contributed by atoms with Crippen molar-refractivity contribution in [2.45, 2.75) is 32.9 Å². The molecular weight excluding hydrogens is 458 g/mol. The Morgan fingerprint density at radius 1 is 1.15 bits per heavy atom. The summed E-state index contributed by atoms with van der Waals surface area (Å²) in [5.41, 5.74) is 2.01. The Hall–Kier alpha value is -1.90. The minimum absolute atomic E-state index is 0. The first-order valence-corrected chi connectivity index (χ1v) is 9.07. The second-order valence-corrected chi connectivity index (χ2v) is 6.43. The molecule has 0 amide bonds. The molecule has 0 atom stereocenters. The predicted molar refractivity (Wildman–Crippen MR) is 116 cm³/mol. The maximum Gasteiger partial charge on any atom is 0.213 e. The Morgan fingerprint density at radius 2 is 1.89 bits per heavy atom. The van der Waals surface area contributed by atoms with Crippen molar-refractivity contribution >= 4 is 29.9 Å². The Kier molecular flexibility index (Phi) is 8.77. The Labute approximate surface area is 176 Å². The lowest BCUT2D eigenvalue weighted by molar-refractivity contribution is 0.288. The number of rotatable bonds is 8. The van der Waals surface area contributed by atoms with Gasteiger partial charge in [0.2, 0.25) is 5.88 Å². The largest absolute Gasteiger partial charge is 0.477 e. The average molecular weight is 484 g/mol. The second kappa shape index (κ2) is 11.1. The average Bonchev–Trinajstić information content (AvgIpc) is 3.49. The zero-order valence-electron chi connectivity index (χ0n) is 15.5. The van der Waals surface area contributed by atoms with E-state index in [1.807, 2.05) is 19.1 Å². The maximum atomic E-state index is 13.0. The quantitative estimate of drug-likeness (QED) is 0.339. The van der Waals surface area contributed by atoms with Crippen LogP contribution in [-0.4, -0.2) is 24.1 Å². The van der Waals surface area contributed by atoms with Crippen LogP contribution < -0.4 is 15.4 Å². The molecule has 7 heteroatoms. The first-order chi connectivity index (χ1) is 12.7. The van der Waals surface area contributed by atoms with E-state index >= 15 is 0 Å². The Morgan fingerprint density at radius 3 is 2.52 bits per heavy atom. The van der Waals surface area contributed by atoms with Gasteiger partial charge in [0.25, 0.3) is 0 Å². The SMILES string of the molecule is CCNC(=NCc1ccc(OCC2CC2)nc1)NCc1ccc(F)cc1.I. The van der Waals surface area contributed by atoms with Crippen LogP contribution >= 0.6 is 24.0 Å². The summed E-state index contributed by atoms with van der Waals surface area (Å²) in [4.78, 5) is 8.91. The van der Waals surface area contributed by atoms with Gasteiger partial charge < -0.3 is 15.4 Å². The summed E-state index contributed by atoms with van der Waals surface area (Å²) in [7, 11) is 0. The number of pyridine rings is 1. The number of halogens is 2. The molecule has 146 valence electrons. The fraction of sp³-hybridized carbons (Fsp3) is 0.400. The number of ether oxygens (including phenoxy) is 1. The van der Waals surface area contributed by atoms with Crippen LogP contribution in [-0.2, 0) is 13.1 Å². The number of benzene rings is 1. The van der Waals surface area contributed by atoms with Gasteiger partial charge in [0, 0.05) is 25.4 Å². The maximum absolute atomic E-state index is 13.0. The van der Waals surface area contributed by atoms with E-state index in [1.165, 1.54) is 25.0 Å². The third kappa shape index (κ3) is 7.70. The molecule has 3 rings (SSSR count). The molecule has 1 fully saturated rings. The van der Waals surface area contributed by atoms with Crippen LogP contribution in [0.1, 0.15) is 30.9 Å². The van der Waals surface area contributed by atoms with Crippen molar-refractivity contribution in [3.05, 3.63) is 59.5 Å². The van der Waals surface area contributed by atoms with Crippen LogP contribution in [0.5, 0.6) is 5.88 Å². The second-order valence-electron chi connectivity index (χ2n) is 6.43. The molecule has 0 bridgehead atoms. The summed E-state index contributed by atoms with van der Waals surface area (Å²) in [5.74, 6) is 1.87. The van der Waals surface area contributed by atoms with E-state index < -0.39 is 0 Å². The molecule has 1 heterocycles. The van der Waals surface area contributed by atoms with E-state index in [4.69, 9.17) is 4.74 Å². The van der Waals surface area contributed by atoms with Gasteiger partial charge >= 0.3 is 0 Å². The number of aromatic nitrogens is 1. The van der Waals surface area contributed by atoms with Crippen molar-refractivity contribution in [2.75, 3.05) is 13.2 Å². The summed E-state index contributed by atoms with van der Waals surface area (Å²) in [6.45, 7) is 4.65. The van der Waals surface area contributed by atoms with Crippen molar-refractivity contribution < 1.29 is 9.13 Å². The lowest BCUT2D eigenvalue weighted by Gasteiger charge is -2.11. The summed E-state index contributed by atoms with van der Waals surface area (Å²) in [6.07, 6.45) is 4.34. The van der Waals surface area contributed by atoms with Crippen molar-refractivity contribution in [2.24, 2.45) is 10.9 Å². The van der Waals surface area contributed by atoms with Crippen LogP contribution in [0, 0.1) is 11.7 Å². The summed E-state index contributed by atoms with van der Waals surface area (Å²) in [5, 5.41) is 6.45. The topological polar surface area (TPSA) is 58.5 Å². The first kappa shape index (κ1) is 21.4. The highest BCUT2D eigenvalue weighted by atomic mass is 127. The van der Waals surface area contributed by atoms with Gasteiger partial charge in [0.1, 0.15) is 5.82 Å². The lowest BCUT2D eigenvalue weighted by atomic mass is 10.2. The molecule has 1 aliphatic rings. The zero-order chi connectivity index (χ0) is 18.2. The smallest absolute Gasteiger partial charge is 0.213 e.